The maximum atomic E-state index is 13.2. The van der Waals surface area contributed by atoms with E-state index in [1.165, 1.54) is 19.2 Å². The van der Waals surface area contributed by atoms with Gasteiger partial charge in [0.25, 0.3) is 0 Å². The maximum Gasteiger partial charge on any atom is 0.161 e. The quantitative estimate of drug-likeness (QED) is 0.386. The Labute approximate surface area is 209 Å². The summed E-state index contributed by atoms with van der Waals surface area (Å²) in [4.78, 5) is 12.9. The topological polar surface area (TPSA) is 106 Å². The monoisotopic (exact) mass is 517 g/mol. The van der Waals surface area contributed by atoms with E-state index in [4.69, 9.17) is 13.9 Å². The number of rotatable bonds is 11. The lowest BCUT2D eigenvalue weighted by atomic mass is 10.2. The van der Waals surface area contributed by atoms with Gasteiger partial charge in [-0.05, 0) is 61.0 Å². The number of furan rings is 1. The van der Waals surface area contributed by atoms with Crippen LogP contribution in [0.15, 0.2) is 59.0 Å². The van der Waals surface area contributed by atoms with Crippen LogP contribution in [0.4, 0.5) is 4.39 Å². The molecule has 1 fully saturated rings. The van der Waals surface area contributed by atoms with Crippen molar-refractivity contribution in [2.75, 3.05) is 31.8 Å². The van der Waals surface area contributed by atoms with Crippen molar-refractivity contribution in [3.05, 3.63) is 71.7 Å². The van der Waals surface area contributed by atoms with Crippen LogP contribution < -0.4 is 9.47 Å². The molecule has 10 heteroatoms. The number of aliphatic hydroxyl groups is 1. The molecule has 0 bridgehead atoms. The van der Waals surface area contributed by atoms with Gasteiger partial charge in [0.05, 0.1) is 25.2 Å². The van der Waals surface area contributed by atoms with Gasteiger partial charge in [-0.25, -0.2) is 12.8 Å². The van der Waals surface area contributed by atoms with E-state index >= 15 is 0 Å². The van der Waals surface area contributed by atoms with Crippen molar-refractivity contribution < 1.29 is 36.6 Å². The highest BCUT2D eigenvalue weighted by atomic mass is 32.2. The molecule has 2 heterocycles. The molecule has 1 N–H and O–H groups in total. The first-order valence-electron chi connectivity index (χ1n) is 11.5. The average molecular weight is 518 g/mol. The van der Waals surface area contributed by atoms with Gasteiger partial charge in [-0.1, -0.05) is 0 Å². The number of halogens is 1. The van der Waals surface area contributed by atoms with E-state index in [1.807, 2.05) is 4.90 Å². The summed E-state index contributed by atoms with van der Waals surface area (Å²) in [5.41, 5.74) is 1.16. The molecule has 192 valence electrons. The zero-order valence-electron chi connectivity index (χ0n) is 19.8. The van der Waals surface area contributed by atoms with Gasteiger partial charge in [0.15, 0.2) is 21.3 Å². The SMILES string of the molecule is COc1cc(C=O)ccc1OCC(O)CN(Cc1ccc(-c2ccc(F)cc2)o1)C1CCS(=O)(=O)C1. The summed E-state index contributed by atoms with van der Waals surface area (Å²) in [6.07, 6.45) is 0.225. The number of carbonyl (C=O) groups is 1. The normalized spacial score (nSPS) is 17.7. The van der Waals surface area contributed by atoms with Crippen molar-refractivity contribution in [1.29, 1.82) is 0 Å². The van der Waals surface area contributed by atoms with Gasteiger partial charge in [-0.15, -0.1) is 0 Å². The van der Waals surface area contributed by atoms with Crippen LogP contribution in [0.2, 0.25) is 0 Å². The Bertz CT molecular complexity index is 1290. The smallest absolute Gasteiger partial charge is 0.161 e. The number of benzene rings is 2. The van der Waals surface area contributed by atoms with Crippen LogP contribution in [0.25, 0.3) is 11.3 Å². The molecule has 0 spiro atoms. The molecular formula is C26H28FNO7S. The van der Waals surface area contributed by atoms with Crippen LogP contribution in [0.5, 0.6) is 11.5 Å². The maximum absolute atomic E-state index is 13.2. The minimum Gasteiger partial charge on any atom is -0.493 e. The predicted octanol–water partition coefficient (Wildman–Crippen LogP) is 3.34. The minimum atomic E-state index is -3.15. The average Bonchev–Trinajstić information content (AvgIpc) is 3.48. The Kier molecular flexibility index (Phi) is 8.07. The highest BCUT2D eigenvalue weighted by Crippen LogP contribution is 2.28. The largest absolute Gasteiger partial charge is 0.493 e. The van der Waals surface area contributed by atoms with Gasteiger partial charge in [0.2, 0.25) is 0 Å². The van der Waals surface area contributed by atoms with Crippen LogP contribution in [-0.2, 0) is 16.4 Å². The third-order valence-corrected chi connectivity index (χ3v) is 7.82. The molecule has 1 aliphatic heterocycles. The number of carbonyl (C=O) groups excluding carboxylic acids is 1. The van der Waals surface area contributed by atoms with E-state index in [-0.39, 0.29) is 43.1 Å². The highest BCUT2D eigenvalue weighted by molar-refractivity contribution is 7.91. The summed E-state index contributed by atoms with van der Waals surface area (Å²) in [5, 5.41) is 10.7. The van der Waals surface area contributed by atoms with Crippen LogP contribution in [0.1, 0.15) is 22.5 Å². The standard InChI is InChI=1S/C26H28FNO7S/c1-33-26-12-18(15-29)2-8-25(26)34-16-22(30)13-28(21-10-11-36(31,32)17-21)14-23-7-9-24(35-23)19-3-5-20(27)6-4-19/h2-9,12,15,21-22,30H,10-11,13-14,16-17H2,1H3. The lowest BCUT2D eigenvalue weighted by Crippen LogP contribution is -2.42. The second-order valence-electron chi connectivity index (χ2n) is 8.75. The molecule has 1 aliphatic rings. The fraction of sp³-hybridized carbons (Fsp3) is 0.346. The van der Waals surface area contributed by atoms with Crippen molar-refractivity contribution in [3.8, 4) is 22.8 Å². The third-order valence-electron chi connectivity index (χ3n) is 6.07. The number of ether oxygens (including phenoxy) is 2. The van der Waals surface area contributed by atoms with Crippen LogP contribution in [0.3, 0.4) is 0 Å². The Morgan fingerprint density at radius 3 is 2.61 bits per heavy atom. The number of sulfone groups is 1. The molecule has 0 amide bonds. The first-order chi connectivity index (χ1) is 17.3. The van der Waals surface area contributed by atoms with E-state index in [0.717, 1.165) is 5.56 Å². The molecule has 3 aromatic rings. The summed E-state index contributed by atoms with van der Waals surface area (Å²) < 4.78 is 54.4. The number of hydrogen-bond acceptors (Lipinski definition) is 8. The molecule has 8 nitrogen and oxygen atoms in total. The Hall–Kier alpha value is -3.21. The Morgan fingerprint density at radius 2 is 1.94 bits per heavy atom. The number of aldehydes is 1. The first-order valence-corrected chi connectivity index (χ1v) is 13.3. The van der Waals surface area contributed by atoms with Crippen LogP contribution in [0, 0.1) is 5.82 Å². The number of methoxy groups -OCH3 is 1. The van der Waals surface area contributed by atoms with E-state index in [2.05, 4.69) is 0 Å². The van der Waals surface area contributed by atoms with Gasteiger partial charge in [0, 0.05) is 23.7 Å². The van der Waals surface area contributed by atoms with Gasteiger partial charge in [0.1, 0.15) is 36.3 Å². The molecule has 4 rings (SSSR count). The third kappa shape index (κ3) is 6.51. The summed E-state index contributed by atoms with van der Waals surface area (Å²) in [6, 6.07) is 14.0. The number of nitrogens with zero attached hydrogens (tertiary/aromatic N) is 1. The Balaban J connectivity index is 1.45. The summed E-state index contributed by atoms with van der Waals surface area (Å²) in [6.45, 7) is 0.378. The molecule has 0 saturated carbocycles. The molecule has 2 aromatic carbocycles. The highest BCUT2D eigenvalue weighted by Gasteiger charge is 2.33. The zero-order valence-corrected chi connectivity index (χ0v) is 20.6. The summed E-state index contributed by atoms with van der Waals surface area (Å²) >= 11 is 0. The molecule has 0 radical (unpaired) electrons. The fourth-order valence-corrected chi connectivity index (χ4v) is 5.99. The first kappa shape index (κ1) is 25.9. The molecule has 1 aromatic heterocycles. The minimum absolute atomic E-state index is 0.00703. The lowest BCUT2D eigenvalue weighted by Gasteiger charge is -2.29. The van der Waals surface area contributed by atoms with Crippen LogP contribution in [-0.4, -0.2) is 68.6 Å². The second kappa shape index (κ2) is 11.2. The fourth-order valence-electron chi connectivity index (χ4n) is 4.22. The number of aliphatic hydroxyl groups excluding tert-OH is 1. The van der Waals surface area contributed by atoms with Crippen LogP contribution >= 0.6 is 0 Å². The van der Waals surface area contributed by atoms with Crippen molar-refractivity contribution in [1.82, 2.24) is 4.90 Å². The van der Waals surface area contributed by atoms with E-state index in [0.29, 0.717) is 41.3 Å². The second-order valence-corrected chi connectivity index (χ2v) is 11.0. The molecule has 2 atom stereocenters. The van der Waals surface area contributed by atoms with E-state index in [9.17, 15) is 22.7 Å². The Morgan fingerprint density at radius 1 is 1.17 bits per heavy atom. The van der Waals surface area contributed by atoms with Gasteiger partial charge in [-0.2, -0.15) is 0 Å². The summed E-state index contributed by atoms with van der Waals surface area (Å²) in [5.74, 6) is 1.68. The van der Waals surface area contributed by atoms with Crippen molar-refractivity contribution in [3.63, 3.8) is 0 Å². The van der Waals surface area contributed by atoms with Crippen molar-refractivity contribution in [2.45, 2.75) is 25.1 Å². The van der Waals surface area contributed by atoms with Gasteiger partial charge < -0.3 is 19.0 Å². The zero-order chi connectivity index (χ0) is 25.7. The summed E-state index contributed by atoms with van der Waals surface area (Å²) in [7, 11) is -1.69. The number of hydrogen-bond donors (Lipinski definition) is 1. The van der Waals surface area contributed by atoms with E-state index < -0.39 is 15.9 Å². The molecule has 2 unspecified atom stereocenters. The molecule has 36 heavy (non-hydrogen) atoms. The molecular weight excluding hydrogens is 489 g/mol. The molecule has 0 aliphatic carbocycles. The van der Waals surface area contributed by atoms with Crippen molar-refractivity contribution in [2.24, 2.45) is 0 Å². The van der Waals surface area contributed by atoms with E-state index in [1.54, 1.807) is 42.5 Å². The van der Waals surface area contributed by atoms with Gasteiger partial charge >= 0.3 is 0 Å². The van der Waals surface area contributed by atoms with Crippen molar-refractivity contribution >= 4 is 16.1 Å². The lowest BCUT2D eigenvalue weighted by molar-refractivity contribution is 0.0490. The van der Waals surface area contributed by atoms with Gasteiger partial charge in [-0.3, -0.25) is 9.69 Å². The molecule has 1 saturated heterocycles. The predicted molar refractivity (Wildman–Crippen MR) is 131 cm³/mol.